The van der Waals surface area contributed by atoms with E-state index in [0.717, 1.165) is 10.7 Å². The average molecular weight is 411 g/mol. The summed E-state index contributed by atoms with van der Waals surface area (Å²) in [4.78, 5) is 24.2. The third-order valence-electron chi connectivity index (χ3n) is 3.36. The van der Waals surface area contributed by atoms with Crippen molar-refractivity contribution in [3.8, 4) is 0 Å². The van der Waals surface area contributed by atoms with E-state index in [1.807, 2.05) is 0 Å². The van der Waals surface area contributed by atoms with E-state index in [0.29, 0.717) is 11.1 Å². The van der Waals surface area contributed by atoms with Gasteiger partial charge in [0.2, 0.25) is 0 Å². The fourth-order valence-corrected chi connectivity index (χ4v) is 2.89. The SMILES string of the molecule is Cc1ccc(S(C)(=O)=O)cc1C(=O)OCC(=O)c1ccc(Br)cc1. The second-order valence-corrected chi connectivity index (χ2v) is 8.19. The third kappa shape index (κ3) is 4.52. The molecule has 0 spiro atoms. The van der Waals surface area contributed by atoms with Gasteiger partial charge in [-0.15, -0.1) is 0 Å². The van der Waals surface area contributed by atoms with E-state index in [-0.39, 0.29) is 16.2 Å². The van der Waals surface area contributed by atoms with Crippen LogP contribution >= 0.6 is 15.9 Å². The molecule has 0 aliphatic heterocycles. The first-order valence-corrected chi connectivity index (χ1v) is 9.63. The number of benzene rings is 2. The number of ketones is 1. The molecule has 2 rings (SSSR count). The summed E-state index contributed by atoms with van der Waals surface area (Å²) in [5, 5.41) is 0. The number of rotatable bonds is 5. The summed E-state index contributed by atoms with van der Waals surface area (Å²) >= 11 is 3.27. The predicted octanol–water partition coefficient (Wildman–Crippen LogP) is 3.20. The minimum atomic E-state index is -3.43. The first-order chi connectivity index (χ1) is 11.2. The Balaban J connectivity index is 2.12. The van der Waals surface area contributed by atoms with Gasteiger partial charge in [0.15, 0.2) is 22.2 Å². The number of hydrogen-bond donors (Lipinski definition) is 0. The van der Waals surface area contributed by atoms with Crippen LogP contribution in [-0.4, -0.2) is 33.0 Å². The van der Waals surface area contributed by atoms with Gasteiger partial charge in [-0.3, -0.25) is 4.79 Å². The number of Topliss-reactive ketones (excluding diaryl/α,β-unsaturated/α-hetero) is 1. The van der Waals surface area contributed by atoms with Gasteiger partial charge in [0.1, 0.15) is 0 Å². The summed E-state index contributed by atoms with van der Waals surface area (Å²) in [7, 11) is -3.43. The first-order valence-electron chi connectivity index (χ1n) is 6.95. The molecule has 126 valence electrons. The fourth-order valence-electron chi connectivity index (χ4n) is 1.98. The van der Waals surface area contributed by atoms with Crippen molar-refractivity contribution in [3.05, 3.63) is 63.6 Å². The maximum absolute atomic E-state index is 12.2. The van der Waals surface area contributed by atoms with Gasteiger partial charge >= 0.3 is 5.97 Å². The van der Waals surface area contributed by atoms with E-state index in [1.165, 1.54) is 18.2 Å². The maximum atomic E-state index is 12.2. The Bertz CT molecular complexity index is 886. The average Bonchev–Trinajstić information content (AvgIpc) is 2.52. The van der Waals surface area contributed by atoms with Gasteiger partial charge in [0, 0.05) is 16.3 Å². The molecule has 0 bridgehead atoms. The van der Waals surface area contributed by atoms with Gasteiger partial charge in [0.25, 0.3) is 0 Å². The molecule has 0 radical (unpaired) electrons. The molecule has 0 amide bonds. The Kier molecular flexibility index (Phi) is 5.56. The Labute approximate surface area is 148 Å². The molecule has 7 heteroatoms. The highest BCUT2D eigenvalue weighted by molar-refractivity contribution is 9.10. The number of aryl methyl sites for hydroxylation is 1. The van der Waals surface area contributed by atoms with Crippen LogP contribution in [0, 0.1) is 6.92 Å². The van der Waals surface area contributed by atoms with E-state index < -0.39 is 22.4 Å². The molecule has 5 nitrogen and oxygen atoms in total. The van der Waals surface area contributed by atoms with Gasteiger partial charge in [-0.1, -0.05) is 34.1 Å². The van der Waals surface area contributed by atoms with E-state index in [9.17, 15) is 18.0 Å². The van der Waals surface area contributed by atoms with Gasteiger partial charge in [-0.05, 0) is 36.8 Å². The highest BCUT2D eigenvalue weighted by atomic mass is 79.9. The summed E-state index contributed by atoms with van der Waals surface area (Å²) in [6, 6.07) is 10.9. The van der Waals surface area contributed by atoms with Gasteiger partial charge in [-0.2, -0.15) is 0 Å². The monoisotopic (exact) mass is 410 g/mol. The minimum absolute atomic E-state index is 0.0271. The summed E-state index contributed by atoms with van der Waals surface area (Å²) in [5.41, 5.74) is 1.12. The fraction of sp³-hybridized carbons (Fsp3) is 0.176. The third-order valence-corrected chi connectivity index (χ3v) is 5.00. The predicted molar refractivity (Wildman–Crippen MR) is 93.0 cm³/mol. The van der Waals surface area contributed by atoms with Crippen molar-refractivity contribution in [1.29, 1.82) is 0 Å². The maximum Gasteiger partial charge on any atom is 0.338 e. The van der Waals surface area contributed by atoms with Crippen molar-refractivity contribution in [3.63, 3.8) is 0 Å². The quantitative estimate of drug-likeness (QED) is 0.558. The Morgan fingerprint density at radius 3 is 2.29 bits per heavy atom. The molecule has 0 saturated heterocycles. The molecule has 0 N–H and O–H groups in total. The molecule has 0 aliphatic carbocycles. The number of halogens is 1. The zero-order chi connectivity index (χ0) is 17.9. The summed E-state index contributed by atoms with van der Waals surface area (Å²) in [5.74, 6) is -1.07. The molecule has 2 aromatic rings. The molecule has 0 aromatic heterocycles. The molecular formula is C17H15BrO5S. The summed E-state index contributed by atoms with van der Waals surface area (Å²) < 4.78 is 29.0. The van der Waals surface area contributed by atoms with Gasteiger partial charge in [0.05, 0.1) is 10.5 Å². The van der Waals surface area contributed by atoms with Crippen molar-refractivity contribution in [2.75, 3.05) is 12.9 Å². The Hall–Kier alpha value is -1.99. The van der Waals surface area contributed by atoms with Crippen LogP contribution < -0.4 is 0 Å². The highest BCUT2D eigenvalue weighted by Gasteiger charge is 2.17. The highest BCUT2D eigenvalue weighted by Crippen LogP contribution is 2.17. The number of carbonyl (C=O) groups is 2. The minimum Gasteiger partial charge on any atom is -0.454 e. The molecule has 2 aromatic carbocycles. The van der Waals surface area contributed by atoms with Crippen LogP contribution in [0.5, 0.6) is 0 Å². The first kappa shape index (κ1) is 18.4. The molecule has 24 heavy (non-hydrogen) atoms. The van der Waals surface area contributed by atoms with Crippen LogP contribution in [0.1, 0.15) is 26.3 Å². The van der Waals surface area contributed by atoms with Crippen molar-refractivity contribution < 1.29 is 22.7 Å². The lowest BCUT2D eigenvalue weighted by Gasteiger charge is -2.08. The summed E-state index contributed by atoms with van der Waals surface area (Å²) in [6.45, 7) is 1.25. The van der Waals surface area contributed by atoms with Crippen molar-refractivity contribution in [1.82, 2.24) is 0 Å². The number of sulfone groups is 1. The zero-order valence-electron chi connectivity index (χ0n) is 13.1. The topological polar surface area (TPSA) is 77.5 Å². The zero-order valence-corrected chi connectivity index (χ0v) is 15.5. The van der Waals surface area contributed by atoms with Crippen LogP contribution in [0.25, 0.3) is 0 Å². The molecule has 0 saturated carbocycles. The molecule has 0 atom stereocenters. The molecule has 0 heterocycles. The Morgan fingerprint density at radius 1 is 1.08 bits per heavy atom. The normalized spacial score (nSPS) is 11.1. The molecule has 0 aliphatic rings. The smallest absolute Gasteiger partial charge is 0.338 e. The van der Waals surface area contributed by atoms with Crippen molar-refractivity contribution >= 4 is 37.5 Å². The van der Waals surface area contributed by atoms with Crippen LogP contribution in [0.15, 0.2) is 51.8 Å². The molecular weight excluding hydrogens is 396 g/mol. The van der Waals surface area contributed by atoms with Crippen LogP contribution in [0.4, 0.5) is 0 Å². The van der Waals surface area contributed by atoms with Crippen molar-refractivity contribution in [2.24, 2.45) is 0 Å². The number of carbonyl (C=O) groups excluding carboxylic acids is 2. The number of hydrogen-bond acceptors (Lipinski definition) is 5. The lowest BCUT2D eigenvalue weighted by molar-refractivity contribution is 0.0473. The van der Waals surface area contributed by atoms with Gasteiger partial charge in [-0.25, -0.2) is 13.2 Å². The van der Waals surface area contributed by atoms with Gasteiger partial charge < -0.3 is 4.74 Å². The van der Waals surface area contributed by atoms with E-state index in [4.69, 9.17) is 4.74 Å². The Morgan fingerprint density at radius 2 is 1.71 bits per heavy atom. The van der Waals surface area contributed by atoms with E-state index >= 15 is 0 Å². The van der Waals surface area contributed by atoms with Crippen LogP contribution in [-0.2, 0) is 14.6 Å². The second kappa shape index (κ2) is 7.27. The van der Waals surface area contributed by atoms with E-state index in [2.05, 4.69) is 15.9 Å². The molecule has 0 unspecified atom stereocenters. The van der Waals surface area contributed by atoms with Crippen molar-refractivity contribution in [2.45, 2.75) is 11.8 Å². The summed E-state index contributed by atoms with van der Waals surface area (Å²) in [6.07, 6.45) is 1.06. The van der Waals surface area contributed by atoms with Crippen LogP contribution in [0.3, 0.4) is 0 Å². The van der Waals surface area contributed by atoms with E-state index in [1.54, 1.807) is 31.2 Å². The lowest BCUT2D eigenvalue weighted by atomic mass is 10.1. The largest absolute Gasteiger partial charge is 0.454 e. The second-order valence-electron chi connectivity index (χ2n) is 5.26. The number of ether oxygens (including phenoxy) is 1. The standard InChI is InChI=1S/C17H15BrO5S/c1-11-3-8-14(24(2,21)22)9-15(11)17(20)23-10-16(19)12-4-6-13(18)7-5-12/h3-9H,10H2,1-2H3. The number of esters is 1. The van der Waals surface area contributed by atoms with Crippen LogP contribution in [0.2, 0.25) is 0 Å². The molecule has 0 fully saturated rings. The lowest BCUT2D eigenvalue weighted by Crippen LogP contribution is -2.15.